The summed E-state index contributed by atoms with van der Waals surface area (Å²) in [4.78, 5) is 12.5. The molecule has 208 valence electrons. The number of methoxy groups -OCH3 is 2. The standard InChI is InChI=1S/C35H32O6/c1-38-32-19-15-26(21-34(32)40-24-28-9-5-3-6-10-28)13-17-30(36)23-31(37)18-14-27-16-20-33(39-2)35(22-27)41-25-29-11-7-4-8-12-29/h3-23,36H,24-25H2,1-2H3/b17-13+,18-14+,30-23+. The first kappa shape index (κ1) is 28.8. The maximum absolute atomic E-state index is 12.5. The second-order valence-corrected chi connectivity index (χ2v) is 9.01. The average molecular weight is 549 g/mol. The van der Waals surface area contributed by atoms with Gasteiger partial charge >= 0.3 is 0 Å². The first-order chi connectivity index (χ1) is 20.0. The molecule has 0 saturated heterocycles. The minimum atomic E-state index is -0.365. The molecule has 0 heterocycles. The zero-order valence-corrected chi connectivity index (χ0v) is 23.0. The van der Waals surface area contributed by atoms with E-state index in [2.05, 4.69) is 0 Å². The largest absolute Gasteiger partial charge is 0.508 e. The van der Waals surface area contributed by atoms with Gasteiger partial charge in [-0.3, -0.25) is 4.79 Å². The Hall–Kier alpha value is -5.23. The summed E-state index contributed by atoms with van der Waals surface area (Å²) in [5, 5.41) is 10.3. The van der Waals surface area contributed by atoms with Gasteiger partial charge in [0, 0.05) is 6.08 Å². The van der Waals surface area contributed by atoms with Crippen molar-refractivity contribution in [3.63, 3.8) is 0 Å². The molecule has 4 rings (SSSR count). The highest BCUT2D eigenvalue weighted by molar-refractivity contribution is 6.02. The van der Waals surface area contributed by atoms with Gasteiger partial charge in [-0.2, -0.15) is 0 Å². The summed E-state index contributed by atoms with van der Waals surface area (Å²) in [5.74, 6) is 1.80. The highest BCUT2D eigenvalue weighted by Crippen LogP contribution is 2.30. The van der Waals surface area contributed by atoms with Crippen molar-refractivity contribution in [2.24, 2.45) is 0 Å². The molecule has 41 heavy (non-hydrogen) atoms. The van der Waals surface area contributed by atoms with Gasteiger partial charge in [0.05, 0.1) is 14.2 Å². The van der Waals surface area contributed by atoms with Crippen LogP contribution in [0.25, 0.3) is 12.2 Å². The Bertz CT molecular complexity index is 1520. The van der Waals surface area contributed by atoms with Crippen molar-refractivity contribution < 1.29 is 28.8 Å². The van der Waals surface area contributed by atoms with Crippen LogP contribution >= 0.6 is 0 Å². The van der Waals surface area contributed by atoms with Crippen LogP contribution in [0.4, 0.5) is 0 Å². The van der Waals surface area contributed by atoms with E-state index in [-0.39, 0.29) is 11.5 Å². The number of benzene rings is 4. The van der Waals surface area contributed by atoms with E-state index in [1.54, 1.807) is 44.6 Å². The smallest absolute Gasteiger partial charge is 0.182 e. The molecule has 0 bridgehead atoms. The predicted octanol–water partition coefficient (Wildman–Crippen LogP) is 7.60. The summed E-state index contributed by atoms with van der Waals surface area (Å²) in [6.45, 7) is 0.784. The lowest BCUT2D eigenvalue weighted by molar-refractivity contribution is -0.110. The fourth-order valence-electron chi connectivity index (χ4n) is 3.89. The van der Waals surface area contributed by atoms with Gasteiger partial charge in [-0.1, -0.05) is 84.9 Å². The van der Waals surface area contributed by atoms with Crippen LogP contribution in [-0.2, 0) is 18.0 Å². The molecule has 0 atom stereocenters. The molecule has 4 aromatic carbocycles. The van der Waals surface area contributed by atoms with Gasteiger partial charge < -0.3 is 24.1 Å². The fraction of sp³-hybridized carbons (Fsp3) is 0.114. The Morgan fingerprint density at radius 2 is 1.10 bits per heavy atom. The van der Waals surface area contributed by atoms with E-state index in [0.717, 1.165) is 28.3 Å². The molecule has 0 fully saturated rings. The number of ether oxygens (including phenoxy) is 4. The van der Waals surface area contributed by atoms with Crippen molar-refractivity contribution in [3.05, 3.63) is 143 Å². The first-order valence-corrected chi connectivity index (χ1v) is 13.0. The molecule has 0 aliphatic heterocycles. The third-order valence-corrected chi connectivity index (χ3v) is 6.03. The van der Waals surface area contributed by atoms with Gasteiger partial charge in [0.15, 0.2) is 28.8 Å². The minimum absolute atomic E-state index is 0.177. The SMILES string of the molecule is COc1ccc(/C=C/C(=O)/C=C(O)\C=C\c2ccc(OC)c(OCc3ccccc3)c2)cc1OCc1ccccc1. The Morgan fingerprint density at radius 1 is 0.634 bits per heavy atom. The fourth-order valence-corrected chi connectivity index (χ4v) is 3.89. The highest BCUT2D eigenvalue weighted by Gasteiger charge is 2.07. The Balaban J connectivity index is 1.38. The van der Waals surface area contributed by atoms with Gasteiger partial charge in [-0.25, -0.2) is 0 Å². The molecule has 1 N–H and O–H groups in total. The van der Waals surface area contributed by atoms with Gasteiger partial charge in [-0.05, 0) is 58.7 Å². The van der Waals surface area contributed by atoms with E-state index < -0.39 is 0 Å². The van der Waals surface area contributed by atoms with Crippen LogP contribution in [0, 0.1) is 0 Å². The zero-order chi connectivity index (χ0) is 28.9. The lowest BCUT2D eigenvalue weighted by atomic mass is 10.1. The second-order valence-electron chi connectivity index (χ2n) is 9.01. The number of ketones is 1. The van der Waals surface area contributed by atoms with Crippen molar-refractivity contribution in [2.45, 2.75) is 13.2 Å². The molecule has 0 aliphatic rings. The van der Waals surface area contributed by atoms with E-state index in [4.69, 9.17) is 18.9 Å². The van der Waals surface area contributed by atoms with E-state index in [9.17, 15) is 9.90 Å². The maximum atomic E-state index is 12.5. The van der Waals surface area contributed by atoms with Crippen molar-refractivity contribution in [1.29, 1.82) is 0 Å². The molecule has 6 heteroatoms. The lowest BCUT2D eigenvalue weighted by Crippen LogP contribution is -1.98. The molecule has 0 aliphatic carbocycles. The van der Waals surface area contributed by atoms with Gasteiger partial charge in [-0.15, -0.1) is 0 Å². The molecule has 0 radical (unpaired) electrons. The summed E-state index contributed by atoms with van der Waals surface area (Å²) in [5.41, 5.74) is 3.60. The van der Waals surface area contributed by atoms with Crippen molar-refractivity contribution >= 4 is 17.9 Å². The molecule has 0 amide bonds. The third-order valence-electron chi connectivity index (χ3n) is 6.03. The molecule has 0 spiro atoms. The first-order valence-electron chi connectivity index (χ1n) is 13.0. The van der Waals surface area contributed by atoms with Crippen molar-refractivity contribution in [1.82, 2.24) is 0 Å². The predicted molar refractivity (Wildman–Crippen MR) is 161 cm³/mol. The zero-order valence-electron chi connectivity index (χ0n) is 23.0. The van der Waals surface area contributed by atoms with Crippen LogP contribution in [0.1, 0.15) is 22.3 Å². The summed E-state index contributed by atoms with van der Waals surface area (Å²) < 4.78 is 22.7. The number of allylic oxidation sites excluding steroid dienone is 3. The number of carbonyl (C=O) groups excluding carboxylic acids is 1. The Kier molecular flexibility index (Phi) is 10.4. The number of carbonyl (C=O) groups is 1. The molecular weight excluding hydrogens is 516 g/mol. The van der Waals surface area contributed by atoms with Crippen LogP contribution < -0.4 is 18.9 Å². The number of aliphatic hydroxyl groups is 1. The highest BCUT2D eigenvalue weighted by atomic mass is 16.5. The molecular formula is C35H32O6. The van der Waals surface area contributed by atoms with Crippen LogP contribution in [0.2, 0.25) is 0 Å². The van der Waals surface area contributed by atoms with Crippen molar-refractivity contribution in [3.8, 4) is 23.0 Å². The van der Waals surface area contributed by atoms with Crippen LogP contribution in [0.3, 0.4) is 0 Å². The summed E-state index contributed by atoms with van der Waals surface area (Å²) >= 11 is 0. The number of hydrogen-bond acceptors (Lipinski definition) is 6. The summed E-state index contributed by atoms with van der Waals surface area (Å²) in [6.07, 6.45) is 7.34. The van der Waals surface area contributed by atoms with Crippen LogP contribution in [0.15, 0.2) is 121 Å². The third kappa shape index (κ3) is 8.90. The van der Waals surface area contributed by atoms with E-state index in [0.29, 0.717) is 36.2 Å². The summed E-state index contributed by atoms with van der Waals surface area (Å²) in [7, 11) is 3.16. The monoisotopic (exact) mass is 548 g/mol. The topological polar surface area (TPSA) is 74.2 Å². The molecule has 0 aromatic heterocycles. The normalized spacial score (nSPS) is 11.5. The summed E-state index contributed by atoms with van der Waals surface area (Å²) in [6, 6.07) is 30.5. The van der Waals surface area contributed by atoms with Gasteiger partial charge in [0.2, 0.25) is 0 Å². The van der Waals surface area contributed by atoms with E-state index in [1.807, 2.05) is 78.9 Å². The quantitative estimate of drug-likeness (QED) is 0.105. The molecule has 4 aromatic rings. The van der Waals surface area contributed by atoms with E-state index in [1.165, 1.54) is 12.2 Å². The van der Waals surface area contributed by atoms with Gasteiger partial charge in [0.1, 0.15) is 19.0 Å². The lowest BCUT2D eigenvalue weighted by Gasteiger charge is -2.11. The molecule has 6 nitrogen and oxygen atoms in total. The van der Waals surface area contributed by atoms with E-state index >= 15 is 0 Å². The number of rotatable bonds is 13. The maximum Gasteiger partial charge on any atom is 0.182 e. The Labute approximate surface area is 240 Å². The number of aliphatic hydroxyl groups excluding tert-OH is 1. The Morgan fingerprint density at radius 3 is 1.56 bits per heavy atom. The molecule has 0 unspecified atom stereocenters. The van der Waals surface area contributed by atoms with Crippen LogP contribution in [0.5, 0.6) is 23.0 Å². The number of hydrogen-bond donors (Lipinski definition) is 1. The minimum Gasteiger partial charge on any atom is -0.508 e. The average Bonchev–Trinajstić information content (AvgIpc) is 3.01. The van der Waals surface area contributed by atoms with Crippen LogP contribution in [-0.4, -0.2) is 25.1 Å². The second kappa shape index (κ2) is 14.8. The van der Waals surface area contributed by atoms with Gasteiger partial charge in [0.25, 0.3) is 0 Å². The molecule has 0 saturated carbocycles. The van der Waals surface area contributed by atoms with Crippen molar-refractivity contribution in [2.75, 3.05) is 14.2 Å².